The van der Waals surface area contributed by atoms with E-state index in [1.165, 1.54) is 25.3 Å². The highest BCUT2D eigenvalue weighted by Crippen LogP contribution is 2.12. The fourth-order valence-electron chi connectivity index (χ4n) is 2.36. The minimum Gasteiger partial charge on any atom is -0.453 e. The van der Waals surface area contributed by atoms with E-state index in [9.17, 15) is 17.6 Å². The van der Waals surface area contributed by atoms with Gasteiger partial charge in [0.2, 0.25) is 10.0 Å². The molecule has 1 amide bonds. The molecule has 9 heteroatoms. The van der Waals surface area contributed by atoms with E-state index in [0.29, 0.717) is 32.7 Å². The summed E-state index contributed by atoms with van der Waals surface area (Å²) in [5, 5.41) is 0. The number of sulfonamides is 1. The Morgan fingerprint density at radius 1 is 1.26 bits per heavy atom. The largest absolute Gasteiger partial charge is 0.453 e. The van der Waals surface area contributed by atoms with Gasteiger partial charge in [-0.1, -0.05) is 12.1 Å². The molecule has 0 radical (unpaired) electrons. The van der Waals surface area contributed by atoms with E-state index in [2.05, 4.69) is 9.46 Å². The molecule has 1 heterocycles. The van der Waals surface area contributed by atoms with E-state index in [1.54, 1.807) is 4.90 Å². The first kappa shape index (κ1) is 17.6. The summed E-state index contributed by atoms with van der Waals surface area (Å²) < 4.78 is 44.7. The van der Waals surface area contributed by atoms with Crippen LogP contribution >= 0.6 is 0 Å². The molecule has 1 saturated heterocycles. The van der Waals surface area contributed by atoms with Crippen molar-refractivity contribution < 1.29 is 22.3 Å². The van der Waals surface area contributed by atoms with Crippen LogP contribution in [0.25, 0.3) is 0 Å². The third kappa shape index (κ3) is 4.63. The van der Waals surface area contributed by atoms with E-state index < -0.39 is 15.8 Å². The molecule has 0 bridgehead atoms. The quantitative estimate of drug-likeness (QED) is 0.840. The van der Waals surface area contributed by atoms with Gasteiger partial charge >= 0.3 is 6.09 Å². The summed E-state index contributed by atoms with van der Waals surface area (Å²) >= 11 is 0. The standard InChI is InChI=1S/C14H20FN3O4S/c1-22-14(19)18-10-8-17(9-11-18)7-6-16-23(20,21)13-5-3-2-4-12(13)15/h2-5,16H,6-11H2,1H3. The van der Waals surface area contributed by atoms with Gasteiger partial charge < -0.3 is 9.64 Å². The molecule has 1 aliphatic heterocycles. The van der Waals surface area contributed by atoms with Gasteiger partial charge in [0.05, 0.1) is 7.11 Å². The smallest absolute Gasteiger partial charge is 0.409 e. The van der Waals surface area contributed by atoms with Crippen LogP contribution in [0, 0.1) is 5.82 Å². The van der Waals surface area contributed by atoms with Gasteiger partial charge in [0, 0.05) is 39.3 Å². The molecule has 0 atom stereocenters. The zero-order chi connectivity index (χ0) is 16.9. The fraction of sp³-hybridized carbons (Fsp3) is 0.500. The Morgan fingerprint density at radius 3 is 2.52 bits per heavy atom. The number of halogens is 1. The number of carbonyl (C=O) groups excluding carboxylic acids is 1. The lowest BCUT2D eigenvalue weighted by molar-refractivity contribution is 0.0918. The molecular formula is C14H20FN3O4S. The number of nitrogens with one attached hydrogen (secondary N) is 1. The molecular weight excluding hydrogens is 325 g/mol. The Morgan fingerprint density at radius 2 is 1.91 bits per heavy atom. The summed E-state index contributed by atoms with van der Waals surface area (Å²) in [4.78, 5) is 14.6. The molecule has 0 aromatic heterocycles. The fourth-order valence-corrected chi connectivity index (χ4v) is 3.46. The number of amides is 1. The molecule has 2 rings (SSSR count). The highest BCUT2D eigenvalue weighted by atomic mass is 32.2. The maximum absolute atomic E-state index is 13.5. The van der Waals surface area contributed by atoms with Crippen molar-refractivity contribution in [1.82, 2.24) is 14.5 Å². The van der Waals surface area contributed by atoms with Crippen LogP contribution in [-0.4, -0.2) is 70.7 Å². The third-order valence-electron chi connectivity index (χ3n) is 3.65. The Hall–Kier alpha value is -1.71. The maximum atomic E-state index is 13.5. The van der Waals surface area contributed by atoms with Crippen LogP contribution < -0.4 is 4.72 Å². The number of ether oxygens (including phenoxy) is 1. The first-order valence-electron chi connectivity index (χ1n) is 7.23. The summed E-state index contributed by atoms with van der Waals surface area (Å²) in [6.45, 7) is 3.00. The van der Waals surface area contributed by atoms with Gasteiger partial charge in [0.25, 0.3) is 0 Å². The molecule has 128 valence electrons. The molecule has 1 fully saturated rings. The summed E-state index contributed by atoms with van der Waals surface area (Å²) in [6, 6.07) is 5.26. The van der Waals surface area contributed by atoms with E-state index >= 15 is 0 Å². The monoisotopic (exact) mass is 345 g/mol. The zero-order valence-corrected chi connectivity index (χ0v) is 13.7. The average molecular weight is 345 g/mol. The van der Waals surface area contributed by atoms with Crippen molar-refractivity contribution in [2.45, 2.75) is 4.90 Å². The summed E-state index contributed by atoms with van der Waals surface area (Å²) in [5.41, 5.74) is 0. The summed E-state index contributed by atoms with van der Waals surface area (Å²) in [6.07, 6.45) is -0.357. The molecule has 0 spiro atoms. The van der Waals surface area contributed by atoms with Gasteiger partial charge in [0.1, 0.15) is 10.7 Å². The predicted molar refractivity (Wildman–Crippen MR) is 82.0 cm³/mol. The SMILES string of the molecule is COC(=O)N1CCN(CCNS(=O)(=O)c2ccccc2F)CC1. The van der Waals surface area contributed by atoms with Crippen molar-refractivity contribution in [2.75, 3.05) is 46.4 Å². The van der Waals surface area contributed by atoms with Crippen molar-refractivity contribution in [2.24, 2.45) is 0 Å². The number of nitrogens with zero attached hydrogens (tertiary/aromatic N) is 2. The second kappa shape index (κ2) is 7.71. The molecule has 0 unspecified atom stereocenters. The number of hydrogen-bond donors (Lipinski definition) is 1. The first-order valence-corrected chi connectivity index (χ1v) is 8.72. The lowest BCUT2D eigenvalue weighted by Crippen LogP contribution is -2.50. The Labute approximate surface area is 135 Å². The van der Waals surface area contributed by atoms with Crippen molar-refractivity contribution in [3.05, 3.63) is 30.1 Å². The maximum Gasteiger partial charge on any atom is 0.409 e. The number of methoxy groups -OCH3 is 1. The molecule has 0 aliphatic carbocycles. The number of rotatable bonds is 5. The molecule has 0 saturated carbocycles. The molecule has 1 aliphatic rings. The molecule has 23 heavy (non-hydrogen) atoms. The van der Waals surface area contributed by atoms with Crippen LogP contribution in [0.3, 0.4) is 0 Å². The first-order chi connectivity index (χ1) is 10.9. The zero-order valence-electron chi connectivity index (χ0n) is 12.9. The van der Waals surface area contributed by atoms with Gasteiger partial charge in [-0.2, -0.15) is 0 Å². The number of carbonyl (C=O) groups is 1. The van der Waals surface area contributed by atoms with Gasteiger partial charge in [-0.3, -0.25) is 4.90 Å². The normalized spacial score (nSPS) is 16.3. The van der Waals surface area contributed by atoms with E-state index in [-0.39, 0.29) is 17.5 Å². The Bertz CT molecular complexity index is 645. The van der Waals surface area contributed by atoms with Crippen molar-refractivity contribution >= 4 is 16.1 Å². The summed E-state index contributed by atoms with van der Waals surface area (Å²) in [5.74, 6) is -0.772. The minimum atomic E-state index is -3.86. The van der Waals surface area contributed by atoms with Gasteiger partial charge in [-0.05, 0) is 12.1 Å². The lowest BCUT2D eigenvalue weighted by Gasteiger charge is -2.33. The van der Waals surface area contributed by atoms with Crippen LogP contribution in [-0.2, 0) is 14.8 Å². The van der Waals surface area contributed by atoms with Crippen LogP contribution in [0.4, 0.5) is 9.18 Å². The number of benzene rings is 1. The number of piperazine rings is 1. The van der Waals surface area contributed by atoms with Crippen molar-refractivity contribution in [3.8, 4) is 0 Å². The van der Waals surface area contributed by atoms with E-state index in [1.807, 2.05) is 4.90 Å². The van der Waals surface area contributed by atoms with Crippen LogP contribution in [0.15, 0.2) is 29.2 Å². The lowest BCUT2D eigenvalue weighted by atomic mass is 10.3. The second-order valence-electron chi connectivity index (χ2n) is 5.13. The van der Waals surface area contributed by atoms with Gasteiger partial charge in [-0.25, -0.2) is 22.3 Å². The molecule has 1 N–H and O–H groups in total. The Kier molecular flexibility index (Phi) is 5.91. The Balaban J connectivity index is 1.80. The van der Waals surface area contributed by atoms with E-state index in [0.717, 1.165) is 6.07 Å². The van der Waals surface area contributed by atoms with Crippen molar-refractivity contribution in [1.29, 1.82) is 0 Å². The molecule has 1 aromatic rings. The van der Waals surface area contributed by atoms with Crippen LogP contribution in [0.1, 0.15) is 0 Å². The van der Waals surface area contributed by atoms with E-state index in [4.69, 9.17) is 0 Å². The average Bonchev–Trinajstić information content (AvgIpc) is 2.55. The summed E-state index contributed by atoms with van der Waals surface area (Å²) in [7, 11) is -2.52. The number of hydrogen-bond acceptors (Lipinski definition) is 5. The van der Waals surface area contributed by atoms with Crippen molar-refractivity contribution in [3.63, 3.8) is 0 Å². The second-order valence-corrected chi connectivity index (χ2v) is 6.86. The van der Waals surface area contributed by atoms with Gasteiger partial charge in [0.15, 0.2) is 0 Å². The van der Waals surface area contributed by atoms with Crippen LogP contribution in [0.2, 0.25) is 0 Å². The van der Waals surface area contributed by atoms with Gasteiger partial charge in [-0.15, -0.1) is 0 Å². The minimum absolute atomic E-state index is 0.175. The predicted octanol–water partition coefficient (Wildman–Crippen LogP) is 0.488. The molecule has 7 nitrogen and oxygen atoms in total. The highest BCUT2D eigenvalue weighted by molar-refractivity contribution is 7.89. The molecule has 1 aromatic carbocycles. The highest BCUT2D eigenvalue weighted by Gasteiger charge is 2.22. The van der Waals surface area contributed by atoms with Crippen LogP contribution in [0.5, 0.6) is 0 Å². The third-order valence-corrected chi connectivity index (χ3v) is 5.15. The topological polar surface area (TPSA) is 79.0 Å².